The Morgan fingerprint density at radius 2 is 1.90 bits per heavy atom. The third-order valence-electron chi connectivity index (χ3n) is 3.89. The van der Waals surface area contributed by atoms with E-state index in [9.17, 15) is 0 Å². The van der Waals surface area contributed by atoms with Crippen molar-refractivity contribution in [2.45, 2.75) is 25.2 Å². The molecule has 2 aromatic rings. The minimum Gasteiger partial charge on any atom is -0.319 e. The highest BCUT2D eigenvalue weighted by atomic mass is 79.9. The molecule has 0 spiro atoms. The molecule has 0 saturated heterocycles. The zero-order valence-electron chi connectivity index (χ0n) is 12.1. The van der Waals surface area contributed by atoms with Gasteiger partial charge in [0.05, 0.1) is 0 Å². The number of hydrogen-bond acceptors (Lipinski definition) is 2. The second-order valence-corrected chi connectivity index (χ2v) is 6.09. The monoisotopic (exact) mass is 332 g/mol. The molecule has 2 nitrogen and oxygen atoms in total. The Morgan fingerprint density at radius 1 is 1.15 bits per heavy atom. The summed E-state index contributed by atoms with van der Waals surface area (Å²) >= 11 is 3.44. The highest BCUT2D eigenvalue weighted by Crippen LogP contribution is 2.31. The molecule has 3 heteroatoms. The molecule has 0 radical (unpaired) electrons. The van der Waals surface area contributed by atoms with Gasteiger partial charge in [-0.15, -0.1) is 0 Å². The fourth-order valence-corrected chi connectivity index (χ4v) is 2.94. The Balaban J connectivity index is 2.34. The van der Waals surface area contributed by atoms with Gasteiger partial charge in [-0.05, 0) is 47.1 Å². The summed E-state index contributed by atoms with van der Waals surface area (Å²) in [5.74, 6) is 0. The SMILES string of the molecule is CCC(CNC)(Cc1ccc(Br)cn1)c1ccccc1. The van der Waals surface area contributed by atoms with Crippen molar-refractivity contribution in [1.29, 1.82) is 0 Å². The van der Waals surface area contributed by atoms with E-state index in [-0.39, 0.29) is 5.41 Å². The molecule has 1 atom stereocenters. The van der Waals surface area contributed by atoms with Crippen LogP contribution in [0.4, 0.5) is 0 Å². The molecule has 1 N–H and O–H groups in total. The normalized spacial score (nSPS) is 13.9. The first kappa shape index (κ1) is 15.2. The fourth-order valence-electron chi connectivity index (χ4n) is 2.71. The van der Waals surface area contributed by atoms with Crippen molar-refractivity contribution in [3.8, 4) is 0 Å². The number of aromatic nitrogens is 1. The Labute approximate surface area is 129 Å². The van der Waals surface area contributed by atoms with Crippen molar-refractivity contribution < 1.29 is 0 Å². The van der Waals surface area contributed by atoms with Crippen molar-refractivity contribution in [3.63, 3.8) is 0 Å². The standard InChI is InChI=1S/C17H21BrN2/c1-3-17(13-19-2,14-7-5-4-6-8-14)11-16-10-9-15(18)12-20-16/h4-10,12,19H,3,11,13H2,1-2H3. The molecular formula is C17H21BrN2. The number of rotatable bonds is 6. The highest BCUT2D eigenvalue weighted by Gasteiger charge is 2.30. The first-order chi connectivity index (χ1) is 9.70. The summed E-state index contributed by atoms with van der Waals surface area (Å²) in [6.07, 6.45) is 3.90. The summed E-state index contributed by atoms with van der Waals surface area (Å²) in [6.45, 7) is 3.20. The van der Waals surface area contributed by atoms with E-state index in [0.29, 0.717) is 0 Å². The molecule has 20 heavy (non-hydrogen) atoms. The van der Waals surface area contributed by atoms with E-state index < -0.39 is 0 Å². The molecule has 0 aliphatic carbocycles. The lowest BCUT2D eigenvalue weighted by atomic mass is 9.74. The van der Waals surface area contributed by atoms with Crippen LogP contribution in [0.2, 0.25) is 0 Å². The zero-order valence-corrected chi connectivity index (χ0v) is 13.7. The van der Waals surface area contributed by atoms with Gasteiger partial charge < -0.3 is 5.32 Å². The van der Waals surface area contributed by atoms with Crippen molar-refractivity contribution in [2.75, 3.05) is 13.6 Å². The maximum absolute atomic E-state index is 4.54. The van der Waals surface area contributed by atoms with Crippen molar-refractivity contribution in [1.82, 2.24) is 10.3 Å². The fraction of sp³-hybridized carbons (Fsp3) is 0.353. The van der Waals surface area contributed by atoms with Crippen LogP contribution in [-0.4, -0.2) is 18.6 Å². The molecule has 0 aliphatic heterocycles. The van der Waals surface area contributed by atoms with E-state index in [1.54, 1.807) is 0 Å². The van der Waals surface area contributed by atoms with Crippen LogP contribution in [-0.2, 0) is 11.8 Å². The summed E-state index contributed by atoms with van der Waals surface area (Å²) in [7, 11) is 2.02. The average Bonchev–Trinajstić information content (AvgIpc) is 2.50. The van der Waals surface area contributed by atoms with Crippen LogP contribution < -0.4 is 5.32 Å². The van der Waals surface area contributed by atoms with Gasteiger partial charge in [0.25, 0.3) is 0 Å². The van der Waals surface area contributed by atoms with E-state index in [1.807, 2.05) is 13.2 Å². The predicted molar refractivity (Wildman–Crippen MR) is 88.0 cm³/mol. The number of benzene rings is 1. The molecule has 2 rings (SSSR count). The van der Waals surface area contributed by atoms with Crippen LogP contribution in [0.15, 0.2) is 53.1 Å². The number of nitrogens with one attached hydrogen (secondary N) is 1. The molecule has 0 bridgehead atoms. The number of likely N-dealkylation sites (N-methyl/N-ethyl adjacent to an activating group) is 1. The number of nitrogens with zero attached hydrogens (tertiary/aromatic N) is 1. The van der Waals surface area contributed by atoms with Crippen LogP contribution in [0.5, 0.6) is 0 Å². The van der Waals surface area contributed by atoms with Crippen LogP contribution >= 0.6 is 15.9 Å². The van der Waals surface area contributed by atoms with Crippen LogP contribution in [0.3, 0.4) is 0 Å². The molecule has 1 aromatic heterocycles. The predicted octanol–water partition coefficient (Wildman–Crippen LogP) is 3.95. The maximum Gasteiger partial charge on any atom is 0.0413 e. The minimum atomic E-state index is 0.0941. The van der Waals surface area contributed by atoms with E-state index in [4.69, 9.17) is 0 Å². The molecule has 0 fully saturated rings. The van der Waals surface area contributed by atoms with Gasteiger partial charge in [-0.1, -0.05) is 37.3 Å². The summed E-state index contributed by atoms with van der Waals surface area (Å²) < 4.78 is 1.02. The lowest BCUT2D eigenvalue weighted by molar-refractivity contribution is 0.387. The Morgan fingerprint density at radius 3 is 2.45 bits per heavy atom. The minimum absolute atomic E-state index is 0.0941. The average molecular weight is 333 g/mol. The molecule has 0 aliphatic rings. The molecule has 1 unspecified atom stereocenters. The number of halogens is 1. The number of hydrogen-bond donors (Lipinski definition) is 1. The largest absolute Gasteiger partial charge is 0.319 e. The van der Waals surface area contributed by atoms with E-state index in [1.165, 1.54) is 5.56 Å². The van der Waals surface area contributed by atoms with Gasteiger partial charge in [-0.25, -0.2) is 0 Å². The van der Waals surface area contributed by atoms with E-state index in [2.05, 4.69) is 75.6 Å². The third-order valence-corrected chi connectivity index (χ3v) is 4.36. The van der Waals surface area contributed by atoms with Gasteiger partial charge >= 0.3 is 0 Å². The van der Waals surface area contributed by atoms with Gasteiger partial charge in [0.1, 0.15) is 0 Å². The van der Waals surface area contributed by atoms with Crippen molar-refractivity contribution in [3.05, 3.63) is 64.4 Å². The van der Waals surface area contributed by atoms with Crippen molar-refractivity contribution >= 4 is 15.9 Å². The topological polar surface area (TPSA) is 24.9 Å². The molecular weight excluding hydrogens is 312 g/mol. The van der Waals surface area contributed by atoms with Crippen LogP contribution in [0, 0.1) is 0 Å². The first-order valence-corrected chi connectivity index (χ1v) is 7.80. The second kappa shape index (κ2) is 7.00. The highest BCUT2D eigenvalue weighted by molar-refractivity contribution is 9.10. The maximum atomic E-state index is 4.54. The second-order valence-electron chi connectivity index (χ2n) is 5.17. The molecule has 106 valence electrons. The summed E-state index contributed by atoms with van der Waals surface area (Å²) in [5, 5.41) is 3.35. The van der Waals surface area contributed by atoms with Gasteiger partial charge in [-0.3, -0.25) is 4.98 Å². The summed E-state index contributed by atoms with van der Waals surface area (Å²) in [6, 6.07) is 14.9. The van der Waals surface area contributed by atoms with Gasteiger partial charge in [0.2, 0.25) is 0 Å². The lowest BCUT2D eigenvalue weighted by Crippen LogP contribution is -2.38. The smallest absolute Gasteiger partial charge is 0.0413 e. The van der Waals surface area contributed by atoms with Gasteiger partial charge in [0.15, 0.2) is 0 Å². The third kappa shape index (κ3) is 3.47. The quantitative estimate of drug-likeness (QED) is 0.866. The van der Waals surface area contributed by atoms with Crippen molar-refractivity contribution in [2.24, 2.45) is 0 Å². The van der Waals surface area contributed by atoms with Gasteiger partial charge in [0, 0.05) is 34.7 Å². The van der Waals surface area contributed by atoms with E-state index >= 15 is 0 Å². The first-order valence-electron chi connectivity index (χ1n) is 7.01. The Hall–Kier alpha value is -1.19. The lowest BCUT2D eigenvalue weighted by Gasteiger charge is -2.33. The number of pyridine rings is 1. The van der Waals surface area contributed by atoms with Crippen LogP contribution in [0.1, 0.15) is 24.6 Å². The molecule has 1 heterocycles. The zero-order chi connectivity index (χ0) is 14.4. The molecule has 1 aromatic carbocycles. The van der Waals surface area contributed by atoms with Gasteiger partial charge in [-0.2, -0.15) is 0 Å². The van der Waals surface area contributed by atoms with E-state index in [0.717, 1.165) is 29.6 Å². The summed E-state index contributed by atoms with van der Waals surface area (Å²) in [5.41, 5.74) is 2.60. The van der Waals surface area contributed by atoms with Crippen LogP contribution in [0.25, 0.3) is 0 Å². The Kier molecular flexibility index (Phi) is 5.32. The Bertz CT molecular complexity index is 524. The molecule has 0 amide bonds. The summed E-state index contributed by atoms with van der Waals surface area (Å²) in [4.78, 5) is 4.54. The molecule has 0 saturated carbocycles.